The molecule has 0 rings (SSSR count). The van der Waals surface area contributed by atoms with Gasteiger partial charge in [-0.3, -0.25) is 4.79 Å². The molecular weight excluding hydrogens is 144 g/mol. The van der Waals surface area contributed by atoms with E-state index in [9.17, 15) is 4.79 Å². The van der Waals surface area contributed by atoms with Gasteiger partial charge in [-0.25, -0.2) is 4.84 Å². The number of aliphatic hydroxyl groups is 1. The lowest BCUT2D eigenvalue weighted by Crippen LogP contribution is -2.41. The van der Waals surface area contributed by atoms with Crippen LogP contribution >= 0.6 is 11.8 Å². The molecule has 9 heavy (non-hydrogen) atoms. The SMILES string of the molecule is CNC(=O)[C@H](CO)NCl. The Morgan fingerprint density at radius 3 is 2.56 bits per heavy atom. The maximum absolute atomic E-state index is 10.6. The average Bonchev–Trinajstić information content (AvgIpc) is 1.90. The molecule has 0 unspecified atom stereocenters. The highest BCUT2D eigenvalue weighted by atomic mass is 35.5. The monoisotopic (exact) mass is 152 g/mol. The molecule has 0 aromatic carbocycles. The zero-order valence-corrected chi connectivity index (χ0v) is 5.77. The van der Waals surface area contributed by atoms with Crippen LogP contribution in [0.3, 0.4) is 0 Å². The van der Waals surface area contributed by atoms with Crippen molar-refractivity contribution in [2.24, 2.45) is 0 Å². The van der Waals surface area contributed by atoms with Gasteiger partial charge in [0, 0.05) is 7.05 Å². The third kappa shape index (κ3) is 2.64. The van der Waals surface area contributed by atoms with Crippen LogP contribution in [0.25, 0.3) is 0 Å². The Labute approximate surface area is 58.3 Å². The summed E-state index contributed by atoms with van der Waals surface area (Å²) in [6, 6.07) is -0.711. The number of hydrogen-bond acceptors (Lipinski definition) is 3. The fourth-order valence-electron chi connectivity index (χ4n) is 0.341. The molecule has 4 nitrogen and oxygen atoms in total. The summed E-state index contributed by atoms with van der Waals surface area (Å²) in [7, 11) is 1.47. The Morgan fingerprint density at radius 2 is 2.44 bits per heavy atom. The molecule has 0 aliphatic rings. The minimum atomic E-state index is -0.711. The van der Waals surface area contributed by atoms with Crippen LogP contribution in [0.2, 0.25) is 0 Å². The first-order valence-electron chi connectivity index (χ1n) is 2.44. The fraction of sp³-hybridized carbons (Fsp3) is 0.750. The summed E-state index contributed by atoms with van der Waals surface area (Å²) in [5.74, 6) is -0.326. The summed E-state index contributed by atoms with van der Waals surface area (Å²) in [5, 5.41) is 10.7. The predicted molar refractivity (Wildman–Crippen MR) is 33.9 cm³/mol. The summed E-state index contributed by atoms with van der Waals surface area (Å²) in [6.07, 6.45) is 0. The molecular formula is C4H9ClN2O2. The number of carbonyl (C=O) groups excluding carboxylic acids is 1. The molecule has 0 aliphatic carbocycles. The summed E-state index contributed by atoms with van der Waals surface area (Å²) in [5.41, 5.74) is 0. The molecule has 0 saturated heterocycles. The number of nitrogens with one attached hydrogen (secondary N) is 2. The maximum Gasteiger partial charge on any atom is 0.240 e. The van der Waals surface area contributed by atoms with E-state index in [2.05, 4.69) is 10.2 Å². The van der Waals surface area contributed by atoms with E-state index < -0.39 is 6.04 Å². The smallest absolute Gasteiger partial charge is 0.240 e. The van der Waals surface area contributed by atoms with Crippen molar-refractivity contribution >= 4 is 17.7 Å². The summed E-state index contributed by atoms with van der Waals surface area (Å²) in [4.78, 5) is 12.7. The predicted octanol–water partition coefficient (Wildman–Crippen LogP) is -1.16. The van der Waals surface area contributed by atoms with Gasteiger partial charge >= 0.3 is 0 Å². The molecule has 3 N–H and O–H groups in total. The first-order valence-corrected chi connectivity index (χ1v) is 2.82. The Balaban J connectivity index is 3.64. The number of likely N-dealkylation sites (N-methyl/N-ethyl adjacent to an activating group) is 1. The molecule has 0 saturated carbocycles. The number of amides is 1. The molecule has 0 spiro atoms. The van der Waals surface area contributed by atoms with Crippen LogP contribution < -0.4 is 10.2 Å². The van der Waals surface area contributed by atoms with Gasteiger partial charge in [-0.1, -0.05) is 0 Å². The number of carbonyl (C=O) groups is 1. The second kappa shape index (κ2) is 4.55. The van der Waals surface area contributed by atoms with Gasteiger partial charge in [0.25, 0.3) is 0 Å². The Morgan fingerprint density at radius 1 is 1.89 bits per heavy atom. The van der Waals surface area contributed by atoms with Crippen molar-refractivity contribution in [1.82, 2.24) is 10.2 Å². The molecule has 0 radical (unpaired) electrons. The molecule has 0 aliphatic heterocycles. The molecule has 0 heterocycles. The normalized spacial score (nSPS) is 12.8. The van der Waals surface area contributed by atoms with Crippen molar-refractivity contribution in [2.45, 2.75) is 6.04 Å². The lowest BCUT2D eigenvalue weighted by atomic mass is 10.3. The number of halogens is 1. The average molecular weight is 153 g/mol. The van der Waals surface area contributed by atoms with Gasteiger partial charge in [-0.05, 0) is 11.8 Å². The van der Waals surface area contributed by atoms with Crippen molar-refractivity contribution in [3.05, 3.63) is 0 Å². The van der Waals surface area contributed by atoms with Gasteiger partial charge in [0.1, 0.15) is 6.04 Å². The van der Waals surface area contributed by atoms with Crippen molar-refractivity contribution < 1.29 is 9.90 Å². The Bertz CT molecular complexity index is 94.6. The van der Waals surface area contributed by atoms with Gasteiger partial charge in [-0.2, -0.15) is 0 Å². The lowest BCUT2D eigenvalue weighted by molar-refractivity contribution is -0.123. The van der Waals surface area contributed by atoms with Crippen LogP contribution in [0.4, 0.5) is 0 Å². The topological polar surface area (TPSA) is 61.4 Å². The van der Waals surface area contributed by atoms with E-state index in [0.717, 1.165) is 0 Å². The summed E-state index contributed by atoms with van der Waals surface area (Å²) >= 11 is 5.07. The Hall–Kier alpha value is -0.320. The number of hydrogen-bond donors (Lipinski definition) is 3. The molecule has 1 amide bonds. The second-order valence-corrected chi connectivity index (χ2v) is 1.68. The summed E-state index contributed by atoms with van der Waals surface area (Å²) in [6.45, 7) is -0.302. The summed E-state index contributed by atoms with van der Waals surface area (Å²) < 4.78 is 0. The molecule has 54 valence electrons. The second-order valence-electron chi connectivity index (χ2n) is 1.46. The quantitative estimate of drug-likeness (QED) is 0.447. The standard InChI is InChI=1S/C4H9ClN2O2/c1-6-4(9)3(2-8)7-5/h3,7-8H,2H2,1H3,(H,6,9)/t3-/m0/s1. The largest absolute Gasteiger partial charge is 0.394 e. The van der Waals surface area contributed by atoms with E-state index in [4.69, 9.17) is 16.9 Å². The van der Waals surface area contributed by atoms with E-state index in [1.807, 2.05) is 0 Å². The van der Waals surface area contributed by atoms with E-state index in [1.54, 1.807) is 0 Å². The van der Waals surface area contributed by atoms with E-state index in [1.165, 1.54) is 7.05 Å². The van der Waals surface area contributed by atoms with E-state index in [-0.39, 0.29) is 12.5 Å². The van der Waals surface area contributed by atoms with Crippen molar-refractivity contribution in [3.8, 4) is 0 Å². The van der Waals surface area contributed by atoms with Gasteiger partial charge < -0.3 is 10.4 Å². The van der Waals surface area contributed by atoms with Crippen LogP contribution in [-0.4, -0.2) is 30.7 Å². The minimum absolute atomic E-state index is 0.302. The van der Waals surface area contributed by atoms with Gasteiger partial charge in [0.15, 0.2) is 0 Å². The van der Waals surface area contributed by atoms with Crippen molar-refractivity contribution in [2.75, 3.05) is 13.7 Å². The first kappa shape index (κ1) is 8.68. The highest BCUT2D eigenvalue weighted by Crippen LogP contribution is 1.81. The minimum Gasteiger partial charge on any atom is -0.394 e. The Kier molecular flexibility index (Phi) is 4.39. The fourth-order valence-corrected chi connectivity index (χ4v) is 0.509. The number of aliphatic hydroxyl groups excluding tert-OH is 1. The van der Waals surface area contributed by atoms with Crippen LogP contribution in [0.5, 0.6) is 0 Å². The van der Waals surface area contributed by atoms with Crippen molar-refractivity contribution in [1.29, 1.82) is 0 Å². The maximum atomic E-state index is 10.6. The third-order valence-electron chi connectivity index (χ3n) is 0.877. The highest BCUT2D eigenvalue weighted by Gasteiger charge is 2.12. The molecule has 5 heteroatoms. The molecule has 1 atom stereocenters. The third-order valence-corrected chi connectivity index (χ3v) is 1.14. The zero-order valence-electron chi connectivity index (χ0n) is 5.02. The van der Waals surface area contributed by atoms with Crippen LogP contribution in [0.1, 0.15) is 0 Å². The highest BCUT2D eigenvalue weighted by molar-refractivity contribution is 6.15. The van der Waals surface area contributed by atoms with Crippen LogP contribution in [0.15, 0.2) is 0 Å². The lowest BCUT2D eigenvalue weighted by Gasteiger charge is -2.07. The zero-order chi connectivity index (χ0) is 7.28. The first-order chi connectivity index (χ1) is 4.26. The van der Waals surface area contributed by atoms with Gasteiger partial charge in [-0.15, -0.1) is 0 Å². The van der Waals surface area contributed by atoms with Crippen molar-refractivity contribution in [3.63, 3.8) is 0 Å². The van der Waals surface area contributed by atoms with E-state index >= 15 is 0 Å². The van der Waals surface area contributed by atoms with Crippen LogP contribution in [0, 0.1) is 0 Å². The van der Waals surface area contributed by atoms with Gasteiger partial charge in [0.05, 0.1) is 6.61 Å². The molecule has 0 fully saturated rings. The molecule has 0 aromatic rings. The van der Waals surface area contributed by atoms with Crippen LogP contribution in [-0.2, 0) is 4.79 Å². The number of rotatable bonds is 3. The van der Waals surface area contributed by atoms with E-state index in [0.29, 0.717) is 0 Å². The van der Waals surface area contributed by atoms with Gasteiger partial charge in [0.2, 0.25) is 5.91 Å². The molecule has 0 bridgehead atoms. The molecule has 0 aromatic heterocycles.